The van der Waals surface area contributed by atoms with Crippen molar-refractivity contribution in [2.45, 2.75) is 32.3 Å². The fraction of sp³-hybridized carbons (Fsp3) is 0.467. The van der Waals surface area contributed by atoms with Crippen molar-refractivity contribution in [3.8, 4) is 0 Å². The molecule has 5 nitrogen and oxygen atoms in total. The van der Waals surface area contributed by atoms with Crippen molar-refractivity contribution in [1.82, 2.24) is 10.6 Å². The molecule has 0 aromatic heterocycles. The Balaban J connectivity index is 2.39. The van der Waals surface area contributed by atoms with E-state index >= 15 is 0 Å². The molecule has 0 saturated heterocycles. The van der Waals surface area contributed by atoms with Gasteiger partial charge < -0.3 is 15.7 Å². The van der Waals surface area contributed by atoms with Crippen LogP contribution in [-0.4, -0.2) is 35.6 Å². The first-order valence-electron chi connectivity index (χ1n) is 6.93. The lowest BCUT2D eigenvalue weighted by Crippen LogP contribution is -2.45. The molecule has 0 heterocycles. The molecule has 0 aliphatic carbocycles. The molecule has 1 aromatic rings. The number of carbonyl (C=O) groups excluding carboxylic acids is 2. The van der Waals surface area contributed by atoms with Gasteiger partial charge in [0.25, 0.3) is 5.91 Å². The average Bonchev–Trinajstić information content (AvgIpc) is 2.51. The normalized spacial score (nSPS) is 11.0. The lowest BCUT2D eigenvalue weighted by atomic mass is 9.98. The quantitative estimate of drug-likeness (QED) is 0.717. The molecule has 1 aromatic carbocycles. The number of halogens is 1. The highest BCUT2D eigenvalue weighted by Gasteiger charge is 2.22. The molecule has 0 aliphatic rings. The summed E-state index contributed by atoms with van der Waals surface area (Å²) in [5, 5.41) is 15.7. The van der Waals surface area contributed by atoms with Gasteiger partial charge in [-0.1, -0.05) is 25.4 Å². The van der Waals surface area contributed by atoms with Crippen LogP contribution in [0.15, 0.2) is 24.3 Å². The van der Waals surface area contributed by atoms with E-state index in [1.807, 2.05) is 13.8 Å². The second kappa shape index (κ2) is 8.00. The van der Waals surface area contributed by atoms with Crippen LogP contribution < -0.4 is 10.6 Å². The smallest absolute Gasteiger partial charge is 0.251 e. The molecular formula is C15H21ClN2O3. The Kier molecular flexibility index (Phi) is 6.65. The monoisotopic (exact) mass is 312 g/mol. The number of benzene rings is 1. The molecule has 0 spiro atoms. The Hall–Kier alpha value is -1.59. The number of amides is 2. The molecule has 0 saturated carbocycles. The molecule has 2 amide bonds. The zero-order valence-corrected chi connectivity index (χ0v) is 13.0. The van der Waals surface area contributed by atoms with Gasteiger partial charge in [-0.2, -0.15) is 0 Å². The molecule has 6 heteroatoms. The molecule has 0 atom stereocenters. The fourth-order valence-electron chi connectivity index (χ4n) is 1.69. The predicted octanol–water partition coefficient (Wildman–Crippen LogP) is 1.74. The number of hydrogen-bond acceptors (Lipinski definition) is 3. The third kappa shape index (κ3) is 5.73. The molecule has 116 valence electrons. The summed E-state index contributed by atoms with van der Waals surface area (Å²) < 4.78 is 0. The maximum atomic E-state index is 11.8. The SMILES string of the molecule is CCC(O)(CC)CNC(=O)CNC(=O)c1ccc(Cl)cc1. The summed E-state index contributed by atoms with van der Waals surface area (Å²) in [6.45, 7) is 3.76. The predicted molar refractivity (Wildman–Crippen MR) is 82.3 cm³/mol. The van der Waals surface area contributed by atoms with Gasteiger partial charge in [-0.25, -0.2) is 0 Å². The van der Waals surface area contributed by atoms with Crippen molar-refractivity contribution in [3.05, 3.63) is 34.9 Å². The van der Waals surface area contributed by atoms with E-state index in [4.69, 9.17) is 11.6 Å². The van der Waals surface area contributed by atoms with Crippen molar-refractivity contribution in [1.29, 1.82) is 0 Å². The summed E-state index contributed by atoms with van der Waals surface area (Å²) in [5.41, 5.74) is -0.457. The summed E-state index contributed by atoms with van der Waals surface area (Å²) in [6, 6.07) is 6.39. The van der Waals surface area contributed by atoms with Crippen molar-refractivity contribution in [2.75, 3.05) is 13.1 Å². The van der Waals surface area contributed by atoms with Gasteiger partial charge in [-0.3, -0.25) is 9.59 Å². The zero-order valence-electron chi connectivity index (χ0n) is 12.3. The highest BCUT2D eigenvalue weighted by Crippen LogP contribution is 2.12. The summed E-state index contributed by atoms with van der Waals surface area (Å²) in [5.74, 6) is -0.680. The molecule has 1 rings (SSSR count). The van der Waals surface area contributed by atoms with E-state index < -0.39 is 5.60 Å². The Morgan fingerprint density at radius 2 is 1.71 bits per heavy atom. The van der Waals surface area contributed by atoms with Crippen LogP contribution in [0, 0.1) is 0 Å². The topological polar surface area (TPSA) is 78.4 Å². The summed E-state index contributed by atoms with van der Waals surface area (Å²) in [4.78, 5) is 23.4. The van der Waals surface area contributed by atoms with E-state index in [9.17, 15) is 14.7 Å². The molecular weight excluding hydrogens is 292 g/mol. The van der Waals surface area contributed by atoms with Crippen molar-refractivity contribution in [3.63, 3.8) is 0 Å². The lowest BCUT2D eigenvalue weighted by molar-refractivity contribution is -0.121. The van der Waals surface area contributed by atoms with Crippen LogP contribution in [-0.2, 0) is 4.79 Å². The van der Waals surface area contributed by atoms with Crippen LogP contribution in [0.5, 0.6) is 0 Å². The highest BCUT2D eigenvalue weighted by molar-refractivity contribution is 6.30. The second-order valence-corrected chi connectivity index (χ2v) is 5.33. The number of carbonyl (C=O) groups is 2. The van der Waals surface area contributed by atoms with Crippen LogP contribution >= 0.6 is 11.6 Å². The Labute approximate surface area is 129 Å². The first-order valence-corrected chi connectivity index (χ1v) is 7.31. The van der Waals surface area contributed by atoms with Crippen LogP contribution in [0.25, 0.3) is 0 Å². The maximum Gasteiger partial charge on any atom is 0.251 e. The number of nitrogens with one attached hydrogen (secondary N) is 2. The minimum absolute atomic E-state index is 0.134. The van der Waals surface area contributed by atoms with Crippen LogP contribution in [0.4, 0.5) is 0 Å². The van der Waals surface area contributed by atoms with Crippen molar-refractivity contribution >= 4 is 23.4 Å². The average molecular weight is 313 g/mol. The maximum absolute atomic E-state index is 11.8. The summed E-state index contributed by atoms with van der Waals surface area (Å²) in [6.07, 6.45) is 1.11. The van der Waals surface area contributed by atoms with Gasteiger partial charge in [0.2, 0.25) is 5.91 Å². The van der Waals surface area contributed by atoms with E-state index in [1.165, 1.54) is 0 Å². The number of hydrogen-bond donors (Lipinski definition) is 3. The third-order valence-corrected chi connectivity index (χ3v) is 3.70. The standard InChI is InChI=1S/C15H21ClN2O3/c1-3-15(21,4-2)10-18-13(19)9-17-14(20)11-5-7-12(16)8-6-11/h5-8,21H,3-4,9-10H2,1-2H3,(H,17,20)(H,18,19). The molecule has 0 bridgehead atoms. The van der Waals surface area contributed by atoms with Gasteiger partial charge in [0.05, 0.1) is 12.1 Å². The van der Waals surface area contributed by atoms with Crippen LogP contribution in [0.2, 0.25) is 5.02 Å². The van der Waals surface area contributed by atoms with Crippen LogP contribution in [0.1, 0.15) is 37.0 Å². The molecule has 0 unspecified atom stereocenters. The summed E-state index contributed by atoms with van der Waals surface area (Å²) >= 11 is 5.74. The van der Waals surface area contributed by atoms with Gasteiger partial charge >= 0.3 is 0 Å². The largest absolute Gasteiger partial charge is 0.388 e. The van der Waals surface area contributed by atoms with E-state index in [0.29, 0.717) is 23.4 Å². The Bertz CT molecular complexity index is 484. The minimum atomic E-state index is -0.893. The fourth-order valence-corrected chi connectivity index (χ4v) is 1.82. The first kappa shape index (κ1) is 17.5. The molecule has 0 radical (unpaired) electrons. The molecule has 0 aliphatic heterocycles. The minimum Gasteiger partial charge on any atom is -0.388 e. The van der Waals surface area contributed by atoms with Gasteiger partial charge in [-0.15, -0.1) is 0 Å². The molecule has 0 fully saturated rings. The van der Waals surface area contributed by atoms with E-state index in [2.05, 4.69) is 10.6 Å². The first-order chi connectivity index (χ1) is 9.90. The number of aliphatic hydroxyl groups is 1. The Morgan fingerprint density at radius 1 is 1.14 bits per heavy atom. The van der Waals surface area contributed by atoms with Gasteiger partial charge in [0, 0.05) is 17.1 Å². The molecule has 21 heavy (non-hydrogen) atoms. The van der Waals surface area contributed by atoms with Crippen molar-refractivity contribution in [2.24, 2.45) is 0 Å². The molecule has 3 N–H and O–H groups in total. The zero-order chi connectivity index (χ0) is 15.9. The number of rotatable bonds is 7. The van der Waals surface area contributed by atoms with Crippen LogP contribution in [0.3, 0.4) is 0 Å². The van der Waals surface area contributed by atoms with Gasteiger partial charge in [0.1, 0.15) is 0 Å². The summed E-state index contributed by atoms with van der Waals surface area (Å²) in [7, 11) is 0. The van der Waals surface area contributed by atoms with Gasteiger partial charge in [0.15, 0.2) is 0 Å². The highest BCUT2D eigenvalue weighted by atomic mass is 35.5. The second-order valence-electron chi connectivity index (χ2n) is 4.90. The van der Waals surface area contributed by atoms with Gasteiger partial charge in [-0.05, 0) is 37.1 Å². The Morgan fingerprint density at radius 3 is 2.24 bits per heavy atom. The van der Waals surface area contributed by atoms with E-state index in [0.717, 1.165) is 0 Å². The third-order valence-electron chi connectivity index (χ3n) is 3.45. The van der Waals surface area contributed by atoms with E-state index in [1.54, 1.807) is 24.3 Å². The van der Waals surface area contributed by atoms with E-state index in [-0.39, 0.29) is 24.9 Å². The van der Waals surface area contributed by atoms with Crippen molar-refractivity contribution < 1.29 is 14.7 Å². The lowest BCUT2D eigenvalue weighted by Gasteiger charge is -2.25.